The van der Waals surface area contributed by atoms with Crippen LogP contribution in [0, 0.1) is 0 Å². The average Bonchev–Trinajstić information content (AvgIpc) is 3.38. The molecule has 5 rings (SSSR count). The molecular formula is C34H34O7. The van der Waals surface area contributed by atoms with Gasteiger partial charge in [0.25, 0.3) is 0 Å². The van der Waals surface area contributed by atoms with Crippen molar-refractivity contribution in [1.82, 2.24) is 0 Å². The lowest BCUT2D eigenvalue weighted by Gasteiger charge is -2.22. The van der Waals surface area contributed by atoms with Crippen LogP contribution in [0.15, 0.2) is 78.9 Å². The predicted molar refractivity (Wildman–Crippen MR) is 159 cm³/mol. The molecule has 1 aliphatic rings. The van der Waals surface area contributed by atoms with Crippen molar-refractivity contribution in [3.63, 3.8) is 0 Å². The maximum absolute atomic E-state index is 12.1. The van der Waals surface area contributed by atoms with Crippen LogP contribution in [0.2, 0.25) is 0 Å². The van der Waals surface area contributed by atoms with Crippen LogP contribution in [-0.2, 0) is 0 Å². The van der Waals surface area contributed by atoms with Crippen molar-refractivity contribution < 1.29 is 33.5 Å². The molecule has 0 saturated heterocycles. The maximum atomic E-state index is 12.1. The Morgan fingerprint density at radius 1 is 0.561 bits per heavy atom. The zero-order valence-corrected chi connectivity index (χ0v) is 24.1. The summed E-state index contributed by atoms with van der Waals surface area (Å²) in [7, 11) is 9.77. The second-order valence-electron chi connectivity index (χ2n) is 9.60. The molecule has 1 N–H and O–H groups in total. The summed E-state index contributed by atoms with van der Waals surface area (Å²) in [4.78, 5) is 0. The monoisotopic (exact) mass is 554 g/mol. The van der Waals surface area contributed by atoms with Crippen molar-refractivity contribution in [2.75, 3.05) is 42.7 Å². The number of aliphatic hydroxyl groups excluding tert-OH is 1. The van der Waals surface area contributed by atoms with Gasteiger partial charge >= 0.3 is 0 Å². The Labute approximate surface area is 240 Å². The highest BCUT2D eigenvalue weighted by molar-refractivity contribution is 6.04. The van der Waals surface area contributed by atoms with Crippen molar-refractivity contribution in [1.29, 1.82) is 0 Å². The van der Waals surface area contributed by atoms with E-state index >= 15 is 0 Å². The Morgan fingerprint density at radius 2 is 1.07 bits per heavy atom. The largest absolute Gasteiger partial charge is 0.497 e. The van der Waals surface area contributed by atoms with Gasteiger partial charge in [0, 0.05) is 23.6 Å². The van der Waals surface area contributed by atoms with Gasteiger partial charge in [-0.2, -0.15) is 0 Å². The minimum atomic E-state index is -0.980. The van der Waals surface area contributed by atoms with E-state index in [0.29, 0.717) is 28.7 Å². The summed E-state index contributed by atoms with van der Waals surface area (Å²) in [6.45, 7) is 0. The minimum Gasteiger partial charge on any atom is -0.497 e. The summed E-state index contributed by atoms with van der Waals surface area (Å²) in [6.07, 6.45) is -0.980. The van der Waals surface area contributed by atoms with E-state index in [4.69, 9.17) is 28.4 Å². The number of methoxy groups -OCH3 is 6. The highest BCUT2D eigenvalue weighted by atomic mass is 16.5. The molecule has 4 aromatic carbocycles. The number of allylic oxidation sites excluding steroid dienone is 1. The Balaban J connectivity index is 1.87. The third-order valence-corrected chi connectivity index (χ3v) is 7.55. The molecule has 41 heavy (non-hydrogen) atoms. The molecule has 0 aromatic heterocycles. The van der Waals surface area contributed by atoms with E-state index in [1.54, 1.807) is 42.7 Å². The fourth-order valence-electron chi connectivity index (χ4n) is 5.52. The van der Waals surface area contributed by atoms with Crippen LogP contribution < -0.4 is 28.4 Å². The number of benzene rings is 4. The lowest BCUT2D eigenvalue weighted by molar-refractivity contribution is 0.238. The van der Waals surface area contributed by atoms with Crippen LogP contribution in [0.1, 0.15) is 39.8 Å². The number of aliphatic hydroxyl groups is 1. The van der Waals surface area contributed by atoms with Gasteiger partial charge in [-0.05, 0) is 75.9 Å². The average molecular weight is 555 g/mol. The number of ether oxygens (including phenoxy) is 6. The Morgan fingerprint density at radius 3 is 1.59 bits per heavy atom. The highest BCUT2D eigenvalue weighted by Crippen LogP contribution is 2.58. The minimum absolute atomic E-state index is 0.295. The van der Waals surface area contributed by atoms with Gasteiger partial charge in [-0.1, -0.05) is 24.3 Å². The quantitative estimate of drug-likeness (QED) is 0.239. The molecule has 4 aromatic rings. The molecule has 0 amide bonds. The first-order chi connectivity index (χ1) is 20.0. The normalized spacial score (nSPS) is 14.8. The molecule has 0 heterocycles. The first kappa shape index (κ1) is 27.9. The standard InChI is InChI=1S/C34H34O7/c1-36-23-11-7-20(8-12-23)30-31(22-15-25(38-3)17-26(16-22)39-4)33(34(35)21-9-13-24(37-2)14-10-21)28-18-27(40-5)19-29(41-6)32(28)30/h7-19,30,34-35H,1-6H3. The van der Waals surface area contributed by atoms with Gasteiger partial charge in [0.15, 0.2) is 0 Å². The van der Waals surface area contributed by atoms with E-state index in [2.05, 4.69) is 0 Å². The highest BCUT2D eigenvalue weighted by Gasteiger charge is 2.39. The van der Waals surface area contributed by atoms with Crippen LogP contribution >= 0.6 is 0 Å². The van der Waals surface area contributed by atoms with E-state index in [0.717, 1.165) is 44.7 Å². The molecule has 7 nitrogen and oxygen atoms in total. The second-order valence-corrected chi connectivity index (χ2v) is 9.60. The van der Waals surface area contributed by atoms with Gasteiger partial charge < -0.3 is 33.5 Å². The van der Waals surface area contributed by atoms with Crippen molar-refractivity contribution in [2.45, 2.75) is 12.0 Å². The first-order valence-electron chi connectivity index (χ1n) is 13.2. The molecule has 0 bridgehead atoms. The number of hydrogen-bond donors (Lipinski definition) is 1. The molecule has 2 atom stereocenters. The van der Waals surface area contributed by atoms with Crippen LogP contribution in [0.4, 0.5) is 0 Å². The molecule has 2 unspecified atom stereocenters. The lowest BCUT2D eigenvalue weighted by atomic mass is 9.83. The lowest BCUT2D eigenvalue weighted by Crippen LogP contribution is -2.05. The molecule has 0 spiro atoms. The summed E-state index contributed by atoms with van der Waals surface area (Å²) >= 11 is 0. The fraction of sp³-hybridized carbons (Fsp3) is 0.235. The van der Waals surface area contributed by atoms with Gasteiger partial charge in [-0.25, -0.2) is 0 Å². The van der Waals surface area contributed by atoms with Crippen molar-refractivity contribution in [2.24, 2.45) is 0 Å². The van der Waals surface area contributed by atoms with E-state index in [1.165, 1.54) is 0 Å². The molecule has 0 fully saturated rings. The maximum Gasteiger partial charge on any atom is 0.127 e. The van der Waals surface area contributed by atoms with E-state index in [1.807, 2.05) is 78.9 Å². The number of rotatable bonds is 10. The smallest absolute Gasteiger partial charge is 0.127 e. The topological polar surface area (TPSA) is 75.6 Å². The molecule has 0 radical (unpaired) electrons. The summed E-state index contributed by atoms with van der Waals surface area (Å²) < 4.78 is 33.7. The number of hydrogen-bond acceptors (Lipinski definition) is 7. The molecule has 0 aliphatic heterocycles. The van der Waals surface area contributed by atoms with Crippen LogP contribution in [-0.4, -0.2) is 47.8 Å². The third-order valence-electron chi connectivity index (χ3n) is 7.55. The van der Waals surface area contributed by atoms with Crippen LogP contribution in [0.25, 0.3) is 11.1 Å². The van der Waals surface area contributed by atoms with Crippen molar-refractivity contribution in [3.05, 3.63) is 107 Å². The van der Waals surface area contributed by atoms with Gasteiger partial charge in [0.1, 0.15) is 40.6 Å². The van der Waals surface area contributed by atoms with Crippen LogP contribution in [0.3, 0.4) is 0 Å². The zero-order valence-electron chi connectivity index (χ0n) is 24.1. The van der Waals surface area contributed by atoms with E-state index < -0.39 is 6.10 Å². The van der Waals surface area contributed by atoms with Gasteiger partial charge in [-0.3, -0.25) is 0 Å². The Hall–Kier alpha value is -4.62. The number of fused-ring (bicyclic) bond motifs is 1. The summed E-state index contributed by atoms with van der Waals surface area (Å²) in [6, 6.07) is 25.0. The Bertz CT molecular complexity index is 1530. The summed E-state index contributed by atoms with van der Waals surface area (Å²) in [5.41, 5.74) is 5.97. The van der Waals surface area contributed by atoms with Gasteiger partial charge in [0.2, 0.25) is 0 Å². The third kappa shape index (κ3) is 5.16. The summed E-state index contributed by atoms with van der Waals surface area (Å²) in [5, 5.41) is 12.1. The second kappa shape index (κ2) is 11.9. The zero-order chi connectivity index (χ0) is 29.1. The molecule has 212 valence electrons. The Kier molecular flexibility index (Phi) is 8.08. The van der Waals surface area contributed by atoms with Crippen LogP contribution in [0.5, 0.6) is 34.5 Å². The summed E-state index contributed by atoms with van der Waals surface area (Å²) in [5.74, 6) is 3.72. The molecule has 1 aliphatic carbocycles. The first-order valence-corrected chi connectivity index (χ1v) is 13.2. The molecule has 7 heteroatoms. The van der Waals surface area contributed by atoms with E-state index in [9.17, 15) is 5.11 Å². The fourth-order valence-corrected chi connectivity index (χ4v) is 5.52. The molecular weight excluding hydrogens is 520 g/mol. The van der Waals surface area contributed by atoms with Crippen molar-refractivity contribution in [3.8, 4) is 34.5 Å². The predicted octanol–water partition coefficient (Wildman–Crippen LogP) is 6.53. The van der Waals surface area contributed by atoms with Gasteiger partial charge in [-0.15, -0.1) is 0 Å². The molecule has 0 saturated carbocycles. The van der Waals surface area contributed by atoms with Gasteiger partial charge in [0.05, 0.1) is 42.7 Å². The van der Waals surface area contributed by atoms with E-state index in [-0.39, 0.29) is 5.92 Å². The van der Waals surface area contributed by atoms with Crippen molar-refractivity contribution >= 4 is 11.1 Å². The SMILES string of the molecule is COc1ccc(C(O)C2=C(c3cc(OC)cc(OC)c3)C(c3ccc(OC)cc3)c3c(OC)cc(OC)cc32)cc1.